The zero-order valence-corrected chi connectivity index (χ0v) is 15.2. The average Bonchev–Trinajstić information content (AvgIpc) is 3.06. The van der Waals surface area contributed by atoms with Crippen LogP contribution in [0.5, 0.6) is 0 Å². The fourth-order valence-electron chi connectivity index (χ4n) is 2.46. The maximum Gasteiger partial charge on any atom is 0.242 e. The quantitative estimate of drug-likeness (QED) is 0.739. The third-order valence-corrected chi connectivity index (χ3v) is 7.20. The zero-order chi connectivity index (χ0) is 15.5. The van der Waals surface area contributed by atoms with E-state index in [1.165, 1.54) is 30.2 Å². The molecule has 2 rings (SSSR count). The van der Waals surface area contributed by atoms with Gasteiger partial charge in [-0.15, -0.1) is 11.3 Å². The lowest BCUT2D eigenvalue weighted by molar-refractivity contribution is 0.285. The van der Waals surface area contributed by atoms with Gasteiger partial charge in [-0.2, -0.15) is 0 Å². The third-order valence-electron chi connectivity index (χ3n) is 3.54. The van der Waals surface area contributed by atoms with Gasteiger partial charge < -0.3 is 10.0 Å². The van der Waals surface area contributed by atoms with Crippen LogP contribution in [0.2, 0.25) is 0 Å². The van der Waals surface area contributed by atoms with Gasteiger partial charge in [0.2, 0.25) is 10.0 Å². The first-order chi connectivity index (χ1) is 9.92. The van der Waals surface area contributed by atoms with Crippen molar-refractivity contribution in [3.05, 3.63) is 14.7 Å². The van der Waals surface area contributed by atoms with E-state index in [0.717, 1.165) is 19.6 Å². The van der Waals surface area contributed by atoms with E-state index in [1.54, 1.807) is 0 Å². The van der Waals surface area contributed by atoms with E-state index in [2.05, 4.69) is 32.5 Å². The van der Waals surface area contributed by atoms with Crippen LogP contribution >= 0.6 is 27.3 Å². The van der Waals surface area contributed by atoms with Gasteiger partial charge in [-0.3, -0.25) is 0 Å². The fraction of sp³-hybridized carbons (Fsp3) is 0.692. The number of sulfonamides is 1. The van der Waals surface area contributed by atoms with Crippen molar-refractivity contribution in [1.82, 2.24) is 9.62 Å². The van der Waals surface area contributed by atoms with E-state index in [9.17, 15) is 8.42 Å². The van der Waals surface area contributed by atoms with E-state index < -0.39 is 10.0 Å². The van der Waals surface area contributed by atoms with Crippen molar-refractivity contribution in [2.24, 2.45) is 5.92 Å². The van der Waals surface area contributed by atoms with Gasteiger partial charge in [0.1, 0.15) is 4.90 Å². The summed E-state index contributed by atoms with van der Waals surface area (Å²) < 4.78 is 27.8. The summed E-state index contributed by atoms with van der Waals surface area (Å²) in [6, 6.07) is 1.52. The van der Waals surface area contributed by atoms with Crippen LogP contribution in [0.15, 0.2) is 14.7 Å². The van der Waals surface area contributed by atoms with E-state index >= 15 is 0 Å². The molecule has 2 N–H and O–H groups in total. The first-order valence-electron chi connectivity index (χ1n) is 7.03. The molecule has 0 bridgehead atoms. The molecule has 120 valence electrons. The van der Waals surface area contributed by atoms with Gasteiger partial charge in [0.05, 0.1) is 10.4 Å². The van der Waals surface area contributed by atoms with Gasteiger partial charge in [-0.05, 0) is 53.8 Å². The monoisotopic (exact) mass is 396 g/mol. The van der Waals surface area contributed by atoms with Crippen LogP contribution in [-0.4, -0.2) is 44.6 Å². The molecule has 1 aliphatic heterocycles. The van der Waals surface area contributed by atoms with Crippen molar-refractivity contribution in [3.63, 3.8) is 0 Å². The molecule has 1 unspecified atom stereocenters. The number of aliphatic hydroxyl groups excluding tert-OH is 1. The van der Waals surface area contributed by atoms with Crippen LogP contribution in [0, 0.1) is 5.92 Å². The standard InChI is InChI=1S/C13H21BrN2O3S2/c1-10(8-16-4-2-3-5-16)7-15-21(18,19)12-6-11(9-17)20-13(12)14/h6,10,15,17H,2-5,7-9H2,1H3. The number of hydrogen-bond acceptors (Lipinski definition) is 5. The van der Waals surface area contributed by atoms with Gasteiger partial charge >= 0.3 is 0 Å². The fourth-order valence-corrected chi connectivity index (χ4v) is 6.16. The number of nitrogens with one attached hydrogen (secondary N) is 1. The molecule has 8 heteroatoms. The van der Waals surface area contributed by atoms with Crippen LogP contribution in [-0.2, 0) is 16.6 Å². The summed E-state index contributed by atoms with van der Waals surface area (Å²) >= 11 is 4.49. The summed E-state index contributed by atoms with van der Waals surface area (Å²) in [7, 11) is -3.52. The van der Waals surface area contributed by atoms with Gasteiger partial charge in [0.15, 0.2) is 0 Å². The molecule has 1 aliphatic rings. The lowest BCUT2D eigenvalue weighted by Gasteiger charge is -2.20. The summed E-state index contributed by atoms with van der Waals surface area (Å²) in [6.45, 7) is 5.50. The summed E-state index contributed by atoms with van der Waals surface area (Å²) in [5.41, 5.74) is 0. The molecule has 0 amide bonds. The number of likely N-dealkylation sites (tertiary alicyclic amines) is 1. The van der Waals surface area contributed by atoms with E-state index in [-0.39, 0.29) is 17.4 Å². The second-order valence-corrected chi connectivity index (χ2v) is 9.66. The molecular weight excluding hydrogens is 376 g/mol. The molecule has 0 aromatic carbocycles. The van der Waals surface area contributed by atoms with Crippen LogP contribution < -0.4 is 4.72 Å². The Morgan fingerprint density at radius 3 is 2.71 bits per heavy atom. The Labute approximate surface area is 138 Å². The van der Waals surface area contributed by atoms with Crippen molar-refractivity contribution in [2.45, 2.75) is 31.3 Å². The minimum absolute atomic E-state index is 0.149. The van der Waals surface area contributed by atoms with E-state index in [0.29, 0.717) is 15.2 Å². The molecule has 1 aromatic heterocycles. The number of nitrogens with zero attached hydrogens (tertiary/aromatic N) is 1. The number of aliphatic hydroxyl groups is 1. The van der Waals surface area contributed by atoms with E-state index in [1.807, 2.05) is 0 Å². The molecule has 21 heavy (non-hydrogen) atoms. The van der Waals surface area contributed by atoms with Crippen molar-refractivity contribution < 1.29 is 13.5 Å². The highest BCUT2D eigenvalue weighted by atomic mass is 79.9. The van der Waals surface area contributed by atoms with Crippen LogP contribution in [0.4, 0.5) is 0 Å². The Hall–Kier alpha value is 0.01000. The molecule has 1 aromatic rings. The first kappa shape index (κ1) is 17.4. The van der Waals surface area contributed by atoms with Crippen molar-refractivity contribution >= 4 is 37.3 Å². The maximum absolute atomic E-state index is 12.3. The SMILES string of the molecule is CC(CNS(=O)(=O)c1cc(CO)sc1Br)CN1CCCC1. The lowest BCUT2D eigenvalue weighted by atomic mass is 10.2. The predicted molar refractivity (Wildman–Crippen MR) is 88.0 cm³/mol. The third kappa shape index (κ3) is 4.74. The van der Waals surface area contributed by atoms with Crippen LogP contribution in [0.25, 0.3) is 0 Å². The topological polar surface area (TPSA) is 69.6 Å². The summed E-state index contributed by atoms with van der Waals surface area (Å²) in [5.74, 6) is 0.271. The largest absolute Gasteiger partial charge is 0.391 e. The van der Waals surface area contributed by atoms with Crippen LogP contribution in [0.1, 0.15) is 24.6 Å². The lowest BCUT2D eigenvalue weighted by Crippen LogP contribution is -2.34. The molecule has 2 heterocycles. The van der Waals surface area contributed by atoms with Crippen molar-refractivity contribution in [2.75, 3.05) is 26.2 Å². The van der Waals surface area contributed by atoms with Crippen molar-refractivity contribution in [3.8, 4) is 0 Å². The molecule has 0 spiro atoms. The first-order valence-corrected chi connectivity index (χ1v) is 10.1. The summed E-state index contributed by atoms with van der Waals surface area (Å²) in [5, 5.41) is 9.09. The molecule has 0 saturated carbocycles. The highest BCUT2D eigenvalue weighted by Crippen LogP contribution is 2.31. The average molecular weight is 397 g/mol. The highest BCUT2D eigenvalue weighted by Gasteiger charge is 2.22. The van der Waals surface area contributed by atoms with E-state index in [4.69, 9.17) is 5.11 Å². The molecule has 1 atom stereocenters. The zero-order valence-electron chi connectivity index (χ0n) is 12.0. The highest BCUT2D eigenvalue weighted by molar-refractivity contribution is 9.11. The van der Waals surface area contributed by atoms with Gasteiger partial charge in [0.25, 0.3) is 0 Å². The summed E-state index contributed by atoms with van der Waals surface area (Å²) in [4.78, 5) is 3.22. The molecule has 1 saturated heterocycles. The minimum Gasteiger partial charge on any atom is -0.391 e. The maximum atomic E-state index is 12.3. The number of halogens is 1. The Morgan fingerprint density at radius 2 is 2.14 bits per heavy atom. The molecule has 5 nitrogen and oxygen atoms in total. The molecule has 0 radical (unpaired) electrons. The predicted octanol–water partition coefficient (Wildman–Crippen LogP) is 2.01. The van der Waals surface area contributed by atoms with Gasteiger partial charge in [-0.25, -0.2) is 13.1 Å². The molecule has 0 aliphatic carbocycles. The number of rotatable bonds is 7. The minimum atomic E-state index is -3.52. The van der Waals surface area contributed by atoms with Gasteiger partial charge in [0, 0.05) is 18.0 Å². The van der Waals surface area contributed by atoms with Gasteiger partial charge in [-0.1, -0.05) is 6.92 Å². The molecular formula is C13H21BrN2O3S2. The number of hydrogen-bond donors (Lipinski definition) is 2. The second-order valence-electron chi connectivity index (χ2n) is 5.47. The Morgan fingerprint density at radius 1 is 1.48 bits per heavy atom. The Balaban J connectivity index is 1.92. The Kier molecular flexibility index (Phi) is 6.22. The smallest absolute Gasteiger partial charge is 0.242 e. The van der Waals surface area contributed by atoms with Crippen molar-refractivity contribution in [1.29, 1.82) is 0 Å². The normalized spacial score (nSPS) is 18.2. The Bertz CT molecular complexity index is 568. The summed E-state index contributed by atoms with van der Waals surface area (Å²) in [6.07, 6.45) is 2.48. The van der Waals surface area contributed by atoms with Crippen LogP contribution in [0.3, 0.4) is 0 Å². The second kappa shape index (κ2) is 7.52. The number of thiophene rings is 1. The molecule has 1 fully saturated rings.